The van der Waals surface area contributed by atoms with Crippen molar-refractivity contribution in [3.05, 3.63) is 0 Å². The van der Waals surface area contributed by atoms with Crippen molar-refractivity contribution in [2.45, 2.75) is 77.3 Å². The summed E-state index contributed by atoms with van der Waals surface area (Å²) in [5, 5.41) is 0. The summed E-state index contributed by atoms with van der Waals surface area (Å²) in [5.74, 6) is 0.968. The van der Waals surface area contributed by atoms with Gasteiger partial charge in [-0.1, -0.05) is 33.1 Å². The van der Waals surface area contributed by atoms with Crippen LogP contribution in [0.4, 0.5) is 0 Å². The van der Waals surface area contributed by atoms with Gasteiger partial charge >= 0.3 is 0 Å². The molecule has 0 N–H and O–H groups in total. The number of rotatable bonds is 4. The van der Waals surface area contributed by atoms with Crippen LogP contribution >= 0.6 is 0 Å². The van der Waals surface area contributed by atoms with Crippen molar-refractivity contribution < 1.29 is 0 Å². The number of piperidine rings is 1. The molecule has 0 aliphatic carbocycles. The third kappa shape index (κ3) is 2.55. The van der Waals surface area contributed by atoms with Gasteiger partial charge in [0, 0.05) is 12.1 Å². The van der Waals surface area contributed by atoms with Crippen molar-refractivity contribution in [2.24, 2.45) is 5.92 Å². The maximum absolute atomic E-state index is 2.85. The molecule has 2 heterocycles. The van der Waals surface area contributed by atoms with Gasteiger partial charge in [0.15, 0.2) is 0 Å². The van der Waals surface area contributed by atoms with Crippen LogP contribution in [-0.2, 0) is 0 Å². The van der Waals surface area contributed by atoms with E-state index >= 15 is 0 Å². The molecule has 3 atom stereocenters. The fourth-order valence-electron chi connectivity index (χ4n) is 3.63. The molecular weight excluding hydrogens is 182 g/mol. The number of fused-ring (bicyclic) bond motifs is 1. The molecule has 0 aromatic heterocycles. The molecule has 0 bridgehead atoms. The van der Waals surface area contributed by atoms with Crippen molar-refractivity contribution in [2.75, 3.05) is 6.54 Å². The molecule has 88 valence electrons. The molecule has 0 aromatic rings. The molecule has 2 fully saturated rings. The number of hydrogen-bond acceptors (Lipinski definition) is 1. The maximum atomic E-state index is 2.85. The molecule has 0 amide bonds. The molecule has 2 rings (SSSR count). The van der Waals surface area contributed by atoms with Crippen LogP contribution in [0.25, 0.3) is 0 Å². The third-order valence-corrected chi connectivity index (χ3v) is 4.56. The maximum Gasteiger partial charge on any atom is 0.0124 e. The Balaban J connectivity index is 1.84. The van der Waals surface area contributed by atoms with Crippen LogP contribution in [0.2, 0.25) is 0 Å². The fraction of sp³-hybridized carbons (Fsp3) is 1.00. The van der Waals surface area contributed by atoms with E-state index in [4.69, 9.17) is 0 Å². The van der Waals surface area contributed by atoms with Crippen LogP contribution in [-0.4, -0.2) is 23.5 Å². The van der Waals surface area contributed by atoms with E-state index < -0.39 is 0 Å². The van der Waals surface area contributed by atoms with E-state index in [0.29, 0.717) is 0 Å². The molecular formula is C14H27N. The second-order valence-corrected chi connectivity index (χ2v) is 5.65. The number of unbranched alkanes of at least 4 members (excludes halogenated alkanes) is 2. The standard InChI is InChI=1S/C14H27N/c1-3-4-5-7-13-10-9-12(2)14-8-6-11-15(13)14/h12-14H,3-11H2,1-2H3/t12-,13-,14-/m0/s1. The first-order valence-corrected chi connectivity index (χ1v) is 7.08. The third-order valence-electron chi connectivity index (χ3n) is 4.56. The summed E-state index contributed by atoms with van der Waals surface area (Å²) in [6, 6.07) is 1.89. The first-order valence-electron chi connectivity index (χ1n) is 7.08. The molecule has 2 saturated heterocycles. The zero-order valence-electron chi connectivity index (χ0n) is 10.5. The average molecular weight is 209 g/mol. The summed E-state index contributed by atoms with van der Waals surface area (Å²) in [5.41, 5.74) is 0. The molecule has 2 aliphatic heterocycles. The smallest absolute Gasteiger partial charge is 0.0124 e. The second kappa shape index (κ2) is 5.34. The predicted molar refractivity (Wildman–Crippen MR) is 66.1 cm³/mol. The van der Waals surface area contributed by atoms with Gasteiger partial charge < -0.3 is 0 Å². The van der Waals surface area contributed by atoms with Gasteiger partial charge in [-0.15, -0.1) is 0 Å². The molecule has 0 spiro atoms. The topological polar surface area (TPSA) is 3.24 Å². The zero-order chi connectivity index (χ0) is 10.7. The molecule has 0 saturated carbocycles. The summed E-state index contributed by atoms with van der Waals surface area (Å²) < 4.78 is 0. The molecule has 0 radical (unpaired) electrons. The SMILES string of the molecule is CCCCC[C@H]1CC[C@H](C)[C@@H]2CCCN12. The van der Waals surface area contributed by atoms with Crippen LogP contribution in [0.3, 0.4) is 0 Å². The van der Waals surface area contributed by atoms with Crippen LogP contribution in [0.1, 0.15) is 65.2 Å². The largest absolute Gasteiger partial charge is 0.297 e. The minimum atomic E-state index is 0.945. The lowest BCUT2D eigenvalue weighted by Gasteiger charge is -2.41. The average Bonchev–Trinajstić information content (AvgIpc) is 2.71. The van der Waals surface area contributed by atoms with E-state index in [0.717, 1.165) is 18.0 Å². The first kappa shape index (κ1) is 11.4. The van der Waals surface area contributed by atoms with E-state index in [9.17, 15) is 0 Å². The van der Waals surface area contributed by atoms with Gasteiger partial charge in [0.05, 0.1) is 0 Å². The number of nitrogens with zero attached hydrogens (tertiary/aromatic N) is 1. The summed E-state index contributed by atoms with van der Waals surface area (Å²) >= 11 is 0. The Morgan fingerprint density at radius 2 is 2.00 bits per heavy atom. The molecule has 15 heavy (non-hydrogen) atoms. The molecule has 2 aliphatic rings. The Bertz CT molecular complexity index is 190. The molecule has 0 unspecified atom stereocenters. The van der Waals surface area contributed by atoms with Crippen LogP contribution < -0.4 is 0 Å². The highest BCUT2D eigenvalue weighted by Crippen LogP contribution is 2.36. The summed E-state index contributed by atoms with van der Waals surface area (Å²) in [7, 11) is 0. The van der Waals surface area contributed by atoms with Crippen molar-refractivity contribution >= 4 is 0 Å². The summed E-state index contributed by atoms with van der Waals surface area (Å²) in [6.07, 6.45) is 11.6. The normalized spacial score (nSPS) is 36.8. The van der Waals surface area contributed by atoms with Gasteiger partial charge in [0.1, 0.15) is 0 Å². The van der Waals surface area contributed by atoms with Crippen molar-refractivity contribution in [1.82, 2.24) is 4.90 Å². The minimum Gasteiger partial charge on any atom is -0.297 e. The van der Waals surface area contributed by atoms with Crippen LogP contribution in [0, 0.1) is 5.92 Å². The van der Waals surface area contributed by atoms with Crippen molar-refractivity contribution in [1.29, 1.82) is 0 Å². The highest BCUT2D eigenvalue weighted by Gasteiger charge is 2.37. The Morgan fingerprint density at radius 3 is 2.80 bits per heavy atom. The highest BCUT2D eigenvalue weighted by atomic mass is 15.2. The van der Waals surface area contributed by atoms with E-state index in [1.807, 2.05) is 0 Å². The van der Waals surface area contributed by atoms with Gasteiger partial charge in [-0.2, -0.15) is 0 Å². The Kier molecular flexibility index (Phi) is 4.07. The van der Waals surface area contributed by atoms with Crippen LogP contribution in [0.15, 0.2) is 0 Å². The minimum absolute atomic E-state index is 0.945. The van der Waals surface area contributed by atoms with Gasteiger partial charge in [0.2, 0.25) is 0 Å². The van der Waals surface area contributed by atoms with E-state index in [-0.39, 0.29) is 0 Å². The van der Waals surface area contributed by atoms with Crippen molar-refractivity contribution in [3.8, 4) is 0 Å². The lowest BCUT2D eigenvalue weighted by atomic mass is 9.85. The fourth-order valence-corrected chi connectivity index (χ4v) is 3.63. The van der Waals surface area contributed by atoms with E-state index in [2.05, 4.69) is 18.7 Å². The highest BCUT2D eigenvalue weighted by molar-refractivity contribution is 4.92. The quantitative estimate of drug-likeness (QED) is 0.636. The predicted octanol–water partition coefficient (Wildman–Crippen LogP) is 3.83. The second-order valence-electron chi connectivity index (χ2n) is 5.65. The summed E-state index contributed by atoms with van der Waals surface area (Å²) in [4.78, 5) is 2.85. The van der Waals surface area contributed by atoms with Gasteiger partial charge in [0.25, 0.3) is 0 Å². The van der Waals surface area contributed by atoms with Crippen molar-refractivity contribution in [3.63, 3.8) is 0 Å². The Hall–Kier alpha value is -0.0400. The number of hydrogen-bond donors (Lipinski definition) is 0. The van der Waals surface area contributed by atoms with Crippen LogP contribution in [0.5, 0.6) is 0 Å². The van der Waals surface area contributed by atoms with E-state index in [1.54, 1.807) is 0 Å². The van der Waals surface area contributed by atoms with Gasteiger partial charge in [-0.05, 0) is 44.6 Å². The van der Waals surface area contributed by atoms with Gasteiger partial charge in [-0.25, -0.2) is 0 Å². The van der Waals surface area contributed by atoms with Gasteiger partial charge in [-0.3, -0.25) is 4.90 Å². The zero-order valence-corrected chi connectivity index (χ0v) is 10.5. The summed E-state index contributed by atoms with van der Waals surface area (Å²) in [6.45, 7) is 6.17. The lowest BCUT2D eigenvalue weighted by Crippen LogP contribution is -2.46. The lowest BCUT2D eigenvalue weighted by molar-refractivity contribution is 0.0751. The van der Waals surface area contributed by atoms with E-state index in [1.165, 1.54) is 57.9 Å². The monoisotopic (exact) mass is 209 g/mol. The molecule has 0 aromatic carbocycles. The molecule has 1 nitrogen and oxygen atoms in total. The molecule has 1 heteroatoms. The Morgan fingerprint density at radius 1 is 1.13 bits per heavy atom. The first-order chi connectivity index (χ1) is 7.33. The Labute approximate surface area is 95.2 Å².